The Bertz CT molecular complexity index is 580. The number of benzene rings is 1. The Kier molecular flexibility index (Phi) is 4.60. The van der Waals surface area contributed by atoms with Crippen LogP contribution in [-0.4, -0.2) is 22.3 Å². The highest BCUT2D eigenvalue weighted by Crippen LogP contribution is 2.14. The number of nitrogens with two attached hydrogens (primary N) is 1. The van der Waals surface area contributed by atoms with Crippen molar-refractivity contribution >= 4 is 17.3 Å². The molecule has 1 amide bonds. The molecule has 6 heteroatoms. The summed E-state index contributed by atoms with van der Waals surface area (Å²) >= 11 is 0. The molecule has 1 heterocycles. The van der Waals surface area contributed by atoms with Gasteiger partial charge in [0, 0.05) is 24.5 Å². The molecule has 20 heavy (non-hydrogen) atoms. The molecule has 0 atom stereocenters. The van der Waals surface area contributed by atoms with Gasteiger partial charge < -0.3 is 15.8 Å². The molecular weight excluding hydrogens is 256 g/mol. The number of rotatable bonds is 6. The fraction of sp³-hybridized carbons (Fsp3) is 0.286. The van der Waals surface area contributed by atoms with Crippen LogP contribution in [0.5, 0.6) is 5.75 Å². The summed E-state index contributed by atoms with van der Waals surface area (Å²) in [4.78, 5) is 11.7. The third-order valence-electron chi connectivity index (χ3n) is 2.70. The molecule has 2 rings (SSSR count). The first kappa shape index (κ1) is 13.9. The second-order valence-electron chi connectivity index (χ2n) is 4.30. The minimum Gasteiger partial charge on any atom is -0.493 e. The summed E-state index contributed by atoms with van der Waals surface area (Å²) < 4.78 is 7.21. The first-order valence-electron chi connectivity index (χ1n) is 6.48. The van der Waals surface area contributed by atoms with E-state index in [1.165, 1.54) is 0 Å². The highest BCUT2D eigenvalue weighted by atomic mass is 16.5. The van der Waals surface area contributed by atoms with Crippen molar-refractivity contribution in [1.82, 2.24) is 9.78 Å². The average Bonchev–Trinajstić information content (AvgIpc) is 2.86. The van der Waals surface area contributed by atoms with E-state index in [1.807, 2.05) is 13.0 Å². The Morgan fingerprint density at radius 2 is 2.35 bits per heavy atom. The molecule has 0 bridgehead atoms. The van der Waals surface area contributed by atoms with Gasteiger partial charge in [-0.2, -0.15) is 5.10 Å². The maximum Gasteiger partial charge on any atom is 0.227 e. The van der Waals surface area contributed by atoms with Crippen LogP contribution in [0.1, 0.15) is 13.3 Å². The fourth-order valence-corrected chi connectivity index (χ4v) is 1.69. The summed E-state index contributed by atoms with van der Waals surface area (Å²) in [6.45, 7) is 3.06. The standard InChI is InChI=1S/C14H18N4O2/c1-2-18-10-12(9-16-18)17-14(19)6-7-20-13-5-3-4-11(15)8-13/h3-5,8-10H,2,6-7,15H2,1H3,(H,17,19). The Hall–Kier alpha value is -2.50. The number of anilines is 2. The van der Waals surface area contributed by atoms with Crippen LogP contribution in [-0.2, 0) is 11.3 Å². The Balaban J connectivity index is 1.75. The quantitative estimate of drug-likeness (QED) is 0.788. The lowest BCUT2D eigenvalue weighted by Crippen LogP contribution is -2.14. The molecule has 0 aliphatic rings. The lowest BCUT2D eigenvalue weighted by atomic mass is 10.3. The number of ether oxygens (including phenoxy) is 1. The van der Waals surface area contributed by atoms with Crippen molar-refractivity contribution in [2.75, 3.05) is 17.7 Å². The van der Waals surface area contributed by atoms with Crippen molar-refractivity contribution in [2.24, 2.45) is 0 Å². The van der Waals surface area contributed by atoms with Crippen LogP contribution in [0, 0.1) is 0 Å². The van der Waals surface area contributed by atoms with Gasteiger partial charge in [0.15, 0.2) is 0 Å². The van der Waals surface area contributed by atoms with Crippen molar-refractivity contribution in [3.05, 3.63) is 36.7 Å². The van der Waals surface area contributed by atoms with E-state index in [9.17, 15) is 4.79 Å². The molecule has 0 spiro atoms. The minimum atomic E-state index is -0.107. The zero-order valence-corrected chi connectivity index (χ0v) is 11.4. The second-order valence-corrected chi connectivity index (χ2v) is 4.30. The van der Waals surface area contributed by atoms with Gasteiger partial charge in [0.05, 0.1) is 24.9 Å². The summed E-state index contributed by atoms with van der Waals surface area (Å²) in [6.07, 6.45) is 3.68. The van der Waals surface area contributed by atoms with Crippen molar-refractivity contribution in [3.63, 3.8) is 0 Å². The Morgan fingerprint density at radius 3 is 3.05 bits per heavy atom. The summed E-state index contributed by atoms with van der Waals surface area (Å²) in [7, 11) is 0. The molecule has 106 valence electrons. The molecule has 2 aromatic rings. The van der Waals surface area contributed by atoms with E-state index in [0.717, 1.165) is 6.54 Å². The number of aromatic nitrogens is 2. The second kappa shape index (κ2) is 6.60. The molecule has 1 aromatic carbocycles. The number of hydrogen-bond donors (Lipinski definition) is 2. The number of nitrogens with one attached hydrogen (secondary N) is 1. The number of carbonyl (C=O) groups excluding carboxylic acids is 1. The topological polar surface area (TPSA) is 82.2 Å². The SMILES string of the molecule is CCn1cc(NC(=O)CCOc2cccc(N)c2)cn1. The summed E-state index contributed by atoms with van der Waals surface area (Å²) in [5.41, 5.74) is 6.97. The minimum absolute atomic E-state index is 0.107. The van der Waals surface area contributed by atoms with Gasteiger partial charge in [-0.05, 0) is 19.1 Å². The number of amides is 1. The normalized spacial score (nSPS) is 10.2. The lowest BCUT2D eigenvalue weighted by Gasteiger charge is -2.06. The van der Waals surface area contributed by atoms with Crippen LogP contribution in [0.4, 0.5) is 11.4 Å². The van der Waals surface area contributed by atoms with E-state index in [1.54, 1.807) is 35.3 Å². The number of carbonyl (C=O) groups is 1. The van der Waals surface area contributed by atoms with E-state index in [4.69, 9.17) is 10.5 Å². The van der Waals surface area contributed by atoms with Gasteiger partial charge in [0.2, 0.25) is 5.91 Å². The van der Waals surface area contributed by atoms with Crippen LogP contribution in [0.25, 0.3) is 0 Å². The van der Waals surface area contributed by atoms with Gasteiger partial charge in [-0.25, -0.2) is 0 Å². The van der Waals surface area contributed by atoms with Crippen molar-refractivity contribution in [2.45, 2.75) is 19.9 Å². The largest absolute Gasteiger partial charge is 0.493 e. The Morgan fingerprint density at radius 1 is 1.50 bits per heavy atom. The molecule has 3 N–H and O–H groups in total. The van der Waals surface area contributed by atoms with Gasteiger partial charge in [0.1, 0.15) is 5.75 Å². The highest BCUT2D eigenvalue weighted by molar-refractivity contribution is 5.90. The van der Waals surface area contributed by atoms with E-state index >= 15 is 0 Å². The molecular formula is C14H18N4O2. The van der Waals surface area contributed by atoms with E-state index in [-0.39, 0.29) is 12.3 Å². The van der Waals surface area contributed by atoms with Gasteiger partial charge >= 0.3 is 0 Å². The number of hydrogen-bond acceptors (Lipinski definition) is 4. The first-order valence-corrected chi connectivity index (χ1v) is 6.48. The van der Waals surface area contributed by atoms with Crippen LogP contribution in [0.3, 0.4) is 0 Å². The monoisotopic (exact) mass is 274 g/mol. The van der Waals surface area contributed by atoms with Crippen LogP contribution in [0.2, 0.25) is 0 Å². The molecule has 0 saturated heterocycles. The third kappa shape index (κ3) is 4.01. The van der Waals surface area contributed by atoms with Crippen LogP contribution >= 0.6 is 0 Å². The van der Waals surface area contributed by atoms with Gasteiger partial charge in [-0.15, -0.1) is 0 Å². The summed E-state index contributed by atoms with van der Waals surface area (Å²) in [6, 6.07) is 7.12. The molecule has 1 aromatic heterocycles. The lowest BCUT2D eigenvalue weighted by molar-refractivity contribution is -0.116. The molecule has 0 aliphatic carbocycles. The summed E-state index contributed by atoms with van der Waals surface area (Å²) in [5, 5.41) is 6.85. The van der Waals surface area contributed by atoms with E-state index in [0.29, 0.717) is 23.7 Å². The predicted octanol–water partition coefficient (Wildman–Crippen LogP) is 1.89. The van der Waals surface area contributed by atoms with Crippen molar-refractivity contribution in [3.8, 4) is 5.75 Å². The molecule has 0 unspecified atom stereocenters. The van der Waals surface area contributed by atoms with Crippen LogP contribution < -0.4 is 15.8 Å². The maximum absolute atomic E-state index is 11.7. The van der Waals surface area contributed by atoms with E-state index in [2.05, 4.69) is 10.4 Å². The number of nitrogens with zero attached hydrogens (tertiary/aromatic N) is 2. The molecule has 6 nitrogen and oxygen atoms in total. The van der Waals surface area contributed by atoms with Crippen LogP contribution in [0.15, 0.2) is 36.7 Å². The molecule has 0 radical (unpaired) electrons. The van der Waals surface area contributed by atoms with Gasteiger partial charge in [0.25, 0.3) is 0 Å². The predicted molar refractivity (Wildman–Crippen MR) is 77.5 cm³/mol. The number of nitrogen functional groups attached to an aromatic ring is 1. The zero-order chi connectivity index (χ0) is 14.4. The smallest absolute Gasteiger partial charge is 0.227 e. The summed E-state index contributed by atoms with van der Waals surface area (Å²) in [5.74, 6) is 0.557. The molecule has 0 saturated carbocycles. The third-order valence-corrected chi connectivity index (χ3v) is 2.70. The Labute approximate surface area is 117 Å². The van der Waals surface area contributed by atoms with Crippen molar-refractivity contribution in [1.29, 1.82) is 0 Å². The average molecular weight is 274 g/mol. The maximum atomic E-state index is 11.7. The first-order chi connectivity index (χ1) is 9.67. The zero-order valence-electron chi connectivity index (χ0n) is 11.4. The highest BCUT2D eigenvalue weighted by Gasteiger charge is 2.05. The molecule has 0 fully saturated rings. The van der Waals surface area contributed by atoms with Crippen molar-refractivity contribution < 1.29 is 9.53 Å². The molecule has 0 aliphatic heterocycles. The fourth-order valence-electron chi connectivity index (χ4n) is 1.69. The number of aryl methyl sites for hydroxylation is 1. The van der Waals surface area contributed by atoms with Gasteiger partial charge in [-0.3, -0.25) is 9.48 Å². The van der Waals surface area contributed by atoms with Gasteiger partial charge in [-0.1, -0.05) is 6.07 Å². The van der Waals surface area contributed by atoms with E-state index < -0.39 is 0 Å².